The maximum absolute atomic E-state index is 9.52. The quantitative estimate of drug-likeness (QED) is 0.165. The van der Waals surface area contributed by atoms with Gasteiger partial charge in [-0.15, -0.1) is 0 Å². The summed E-state index contributed by atoms with van der Waals surface area (Å²) in [5.41, 5.74) is 18.1. The SMILES string of the molecule is [2H]c1c([2H])c([2H])c(-c2cc3c4c(c2)N(c2ccc5c(c2)C(C)(C)CCC5(C)C)c2oc5cc6c(cc5c2B4c2cc(C(C)(C)C)ccc2N3c2cc(C(C)(C)C)cc(C(C)(C)C)c2)C(C)(C)CCC6(C)C)c([2H])c1[2H]. The van der Waals surface area contributed by atoms with Crippen molar-refractivity contribution < 1.29 is 11.3 Å². The smallest absolute Gasteiger partial charge is 0.257 e. The Morgan fingerprint density at radius 2 is 1.00 bits per heavy atom. The number of fused-ring (bicyclic) bond motifs is 8. The average molecular weight is 930 g/mol. The van der Waals surface area contributed by atoms with E-state index in [-0.39, 0.29) is 74.4 Å². The molecular weight excluding hydrogens is 848 g/mol. The van der Waals surface area contributed by atoms with Crippen LogP contribution in [0.2, 0.25) is 0 Å². The zero-order valence-corrected chi connectivity index (χ0v) is 45.2. The van der Waals surface area contributed by atoms with Gasteiger partial charge in [0, 0.05) is 39.3 Å². The molecule has 0 spiro atoms. The van der Waals surface area contributed by atoms with Crippen molar-refractivity contribution >= 4 is 68.4 Å². The number of benzene rings is 6. The molecule has 2 aliphatic heterocycles. The van der Waals surface area contributed by atoms with E-state index in [2.05, 4.69) is 206 Å². The first-order chi connectivity index (χ1) is 34.6. The molecule has 0 N–H and O–H groups in total. The molecule has 0 radical (unpaired) electrons. The van der Waals surface area contributed by atoms with Gasteiger partial charge in [0.15, 0.2) is 0 Å². The van der Waals surface area contributed by atoms with Crippen LogP contribution in [0.15, 0.2) is 113 Å². The Kier molecular flexibility index (Phi) is 8.84. The van der Waals surface area contributed by atoms with Crippen LogP contribution in [0.4, 0.5) is 34.3 Å². The lowest BCUT2D eigenvalue weighted by molar-refractivity contribution is 0.332. The second-order valence-electron chi connectivity index (χ2n) is 27.3. The molecule has 7 aromatic rings. The molecule has 0 bridgehead atoms. The molecule has 0 fully saturated rings. The first kappa shape index (κ1) is 41.2. The summed E-state index contributed by atoms with van der Waals surface area (Å²) in [4.78, 5) is 4.76. The summed E-state index contributed by atoms with van der Waals surface area (Å²) in [5.74, 6) is 0.753. The molecule has 11 rings (SSSR count). The van der Waals surface area contributed by atoms with E-state index in [9.17, 15) is 2.74 Å². The van der Waals surface area contributed by atoms with Gasteiger partial charge in [-0.1, -0.05) is 172 Å². The van der Waals surface area contributed by atoms with Crippen LogP contribution in [0.1, 0.15) is 189 Å². The molecule has 0 saturated carbocycles. The minimum Gasteiger partial charge on any atom is -0.440 e. The van der Waals surface area contributed by atoms with Crippen LogP contribution in [0.25, 0.3) is 22.1 Å². The maximum Gasteiger partial charge on any atom is 0.257 e. The van der Waals surface area contributed by atoms with Gasteiger partial charge in [-0.25, -0.2) is 0 Å². The van der Waals surface area contributed by atoms with Crippen molar-refractivity contribution in [3.8, 4) is 11.1 Å². The molecule has 2 aliphatic carbocycles. The minimum absolute atomic E-state index is 0.0118. The van der Waals surface area contributed by atoms with E-state index in [0.717, 1.165) is 81.9 Å². The van der Waals surface area contributed by atoms with E-state index < -0.39 is 6.04 Å². The molecule has 1 aromatic heterocycles. The second kappa shape index (κ2) is 15.0. The third-order valence-electron chi connectivity index (χ3n) is 17.3. The topological polar surface area (TPSA) is 19.6 Å². The van der Waals surface area contributed by atoms with Gasteiger partial charge in [0.05, 0.1) is 6.85 Å². The van der Waals surface area contributed by atoms with Crippen LogP contribution < -0.4 is 26.2 Å². The number of anilines is 6. The summed E-state index contributed by atoms with van der Waals surface area (Å²) in [6, 6.07) is 28.6. The van der Waals surface area contributed by atoms with E-state index in [1.165, 1.54) is 44.4 Å². The minimum atomic E-state index is -0.408. The van der Waals surface area contributed by atoms with Crippen LogP contribution in [-0.2, 0) is 37.9 Å². The number of hydrogen-bond donors (Lipinski definition) is 0. The molecule has 0 saturated heterocycles. The summed E-state index contributed by atoms with van der Waals surface area (Å²) in [6.07, 6.45) is 4.31. The lowest BCUT2D eigenvalue weighted by Crippen LogP contribution is -2.61. The van der Waals surface area contributed by atoms with E-state index in [1.807, 2.05) is 0 Å². The maximum atomic E-state index is 9.52. The summed E-state index contributed by atoms with van der Waals surface area (Å²) in [7, 11) is 0. The van der Waals surface area contributed by atoms with Crippen molar-refractivity contribution in [2.75, 3.05) is 9.80 Å². The van der Waals surface area contributed by atoms with Gasteiger partial charge in [0.2, 0.25) is 5.88 Å². The Balaban J connectivity index is 1.35. The fourth-order valence-electron chi connectivity index (χ4n) is 12.4. The van der Waals surface area contributed by atoms with Gasteiger partial charge >= 0.3 is 0 Å². The summed E-state index contributed by atoms with van der Waals surface area (Å²) in [6.45, 7) is 39.3. The highest BCUT2D eigenvalue weighted by molar-refractivity contribution is 7.01. The Morgan fingerprint density at radius 3 is 1.57 bits per heavy atom. The Bertz CT molecular complexity index is 3530. The molecule has 0 unspecified atom stereocenters. The fourth-order valence-corrected chi connectivity index (χ4v) is 12.4. The Morgan fingerprint density at radius 1 is 0.471 bits per heavy atom. The van der Waals surface area contributed by atoms with Crippen molar-refractivity contribution in [2.24, 2.45) is 0 Å². The summed E-state index contributed by atoms with van der Waals surface area (Å²) < 4.78 is 53.3. The van der Waals surface area contributed by atoms with Crippen molar-refractivity contribution in [1.29, 1.82) is 0 Å². The highest BCUT2D eigenvalue weighted by Crippen LogP contribution is 2.54. The van der Waals surface area contributed by atoms with Crippen LogP contribution in [-0.4, -0.2) is 6.71 Å². The number of rotatable bonds is 3. The predicted molar refractivity (Wildman–Crippen MR) is 302 cm³/mol. The third-order valence-corrected chi connectivity index (χ3v) is 17.3. The monoisotopic (exact) mass is 930 g/mol. The largest absolute Gasteiger partial charge is 0.440 e. The average Bonchev–Trinajstić information content (AvgIpc) is 3.69. The normalized spacial score (nSPS) is 19.5. The molecule has 70 heavy (non-hydrogen) atoms. The predicted octanol–water partition coefficient (Wildman–Crippen LogP) is 16.8. The first-order valence-corrected chi connectivity index (χ1v) is 26.0. The third kappa shape index (κ3) is 7.26. The molecule has 4 heteroatoms. The molecule has 6 aromatic carbocycles. The zero-order chi connectivity index (χ0) is 54.4. The lowest BCUT2D eigenvalue weighted by atomic mass is 9.33. The van der Waals surface area contributed by atoms with Crippen molar-refractivity contribution in [2.45, 2.75) is 181 Å². The molecule has 0 atom stereocenters. The lowest BCUT2D eigenvalue weighted by Gasteiger charge is -2.45. The number of nitrogens with zero attached hydrogens (tertiary/aromatic N) is 2. The van der Waals surface area contributed by atoms with Gasteiger partial charge in [-0.05, 0) is 179 Å². The molecular formula is C66H77BN2O. The highest BCUT2D eigenvalue weighted by atomic mass is 16.4. The second-order valence-corrected chi connectivity index (χ2v) is 27.3. The Labute approximate surface area is 428 Å². The molecule has 0 amide bonds. The fraction of sp³-hybridized carbons (Fsp3) is 0.424. The summed E-state index contributed by atoms with van der Waals surface area (Å²) in [5, 5.41) is 1.11. The summed E-state index contributed by atoms with van der Waals surface area (Å²) >= 11 is 0. The van der Waals surface area contributed by atoms with Gasteiger partial charge in [0.1, 0.15) is 5.58 Å². The molecule has 3 heterocycles. The molecule has 3 nitrogen and oxygen atoms in total. The van der Waals surface area contributed by atoms with E-state index in [4.69, 9.17) is 8.53 Å². The number of hydrogen-bond acceptors (Lipinski definition) is 3. The van der Waals surface area contributed by atoms with Crippen LogP contribution >= 0.6 is 0 Å². The zero-order valence-electron chi connectivity index (χ0n) is 50.2. The standard InChI is InChI=1S/C66H77BN2O/c1-60(2,3)42-23-26-53-52(36-42)67-57-47-38-50-51(66(16,17)30-29-65(50,14)15)39-56(47)70-59(57)69(45-24-25-48-49(37-45)64(12,13)28-27-63(48,10)11)55-32-41(40-21-19-18-20-22-40)31-54(58(55)67)68(53)46-34-43(61(4,5)6)33-44(35-46)62(7,8)9/h18-26,31-39H,27-30H2,1-17H3/i18D,19D,20D,21D,22D. The van der Waals surface area contributed by atoms with Gasteiger partial charge in [-0.3, -0.25) is 4.90 Å². The van der Waals surface area contributed by atoms with E-state index >= 15 is 0 Å². The van der Waals surface area contributed by atoms with Crippen LogP contribution in [0.5, 0.6) is 0 Å². The van der Waals surface area contributed by atoms with Gasteiger partial charge in [0.25, 0.3) is 6.71 Å². The van der Waals surface area contributed by atoms with Gasteiger partial charge < -0.3 is 9.32 Å². The van der Waals surface area contributed by atoms with Crippen molar-refractivity contribution in [3.63, 3.8) is 0 Å². The Hall–Kier alpha value is -5.48. The van der Waals surface area contributed by atoms with E-state index in [1.54, 1.807) is 0 Å². The molecule has 4 aliphatic rings. The van der Waals surface area contributed by atoms with Crippen molar-refractivity contribution in [3.05, 3.63) is 148 Å². The van der Waals surface area contributed by atoms with Crippen LogP contribution in [0, 0.1) is 0 Å². The van der Waals surface area contributed by atoms with Crippen LogP contribution in [0.3, 0.4) is 0 Å². The van der Waals surface area contributed by atoms with E-state index in [0.29, 0.717) is 5.56 Å². The highest BCUT2D eigenvalue weighted by Gasteiger charge is 2.49. The van der Waals surface area contributed by atoms with Gasteiger partial charge in [-0.2, -0.15) is 0 Å². The molecule has 360 valence electrons. The number of furan rings is 1. The van der Waals surface area contributed by atoms with Crippen molar-refractivity contribution in [1.82, 2.24) is 0 Å². The first-order valence-electron chi connectivity index (χ1n) is 28.5.